The lowest BCUT2D eigenvalue weighted by Crippen LogP contribution is -2.37. The van der Waals surface area contributed by atoms with Crippen molar-refractivity contribution in [3.63, 3.8) is 0 Å². The maximum Gasteiger partial charge on any atom is 0.246 e. The summed E-state index contributed by atoms with van der Waals surface area (Å²) in [6, 6.07) is 3.83. The van der Waals surface area contributed by atoms with Crippen molar-refractivity contribution in [2.24, 2.45) is 0 Å². The number of allylic oxidation sites excluding steroid dienone is 1. The average Bonchev–Trinajstić information content (AvgIpc) is 3.21. The number of imidazole rings is 1. The fourth-order valence-corrected chi connectivity index (χ4v) is 4.14. The zero-order valence-electron chi connectivity index (χ0n) is 15.9. The van der Waals surface area contributed by atoms with Crippen molar-refractivity contribution in [3.05, 3.63) is 53.5 Å². The molecule has 0 bridgehead atoms. The fourth-order valence-electron chi connectivity index (χ4n) is 4.14. The number of hydrogen-bond donors (Lipinski definition) is 1. The van der Waals surface area contributed by atoms with Crippen molar-refractivity contribution >= 4 is 5.91 Å². The number of likely N-dealkylation sites (tertiary alicyclic amines) is 1. The number of amides is 1. The zero-order chi connectivity index (χ0) is 19.5. The van der Waals surface area contributed by atoms with Crippen molar-refractivity contribution in [2.75, 3.05) is 13.1 Å². The van der Waals surface area contributed by atoms with Crippen LogP contribution < -0.4 is 0 Å². The summed E-state index contributed by atoms with van der Waals surface area (Å²) < 4.78 is 26.6. The minimum absolute atomic E-state index is 0.136. The van der Waals surface area contributed by atoms with Crippen molar-refractivity contribution in [3.8, 4) is 11.3 Å². The van der Waals surface area contributed by atoms with E-state index in [1.807, 2.05) is 11.0 Å². The second-order valence-electron chi connectivity index (χ2n) is 7.77. The predicted octanol–water partition coefficient (Wildman–Crippen LogP) is 4.95. The maximum atomic E-state index is 13.5. The van der Waals surface area contributed by atoms with E-state index in [0.29, 0.717) is 24.3 Å². The second kappa shape index (κ2) is 8.25. The largest absolute Gasteiger partial charge is 0.342 e. The lowest BCUT2D eigenvalue weighted by Gasteiger charge is -2.30. The lowest BCUT2D eigenvalue weighted by molar-refractivity contribution is -0.127. The normalized spacial score (nSPS) is 18.4. The van der Waals surface area contributed by atoms with Crippen LogP contribution in [0.15, 0.2) is 36.0 Å². The van der Waals surface area contributed by atoms with Crippen molar-refractivity contribution in [2.45, 2.75) is 50.9 Å². The van der Waals surface area contributed by atoms with Crippen LogP contribution in [0.25, 0.3) is 11.3 Å². The molecule has 1 N–H and O–H groups in total. The Morgan fingerprint density at radius 3 is 2.57 bits per heavy atom. The average molecular weight is 385 g/mol. The summed E-state index contributed by atoms with van der Waals surface area (Å²) >= 11 is 0. The number of aromatic amines is 1. The van der Waals surface area contributed by atoms with Gasteiger partial charge in [-0.05, 0) is 56.7 Å². The number of rotatable bonds is 3. The number of H-pyrrole nitrogens is 1. The zero-order valence-corrected chi connectivity index (χ0v) is 15.9. The molecule has 2 heterocycles. The molecule has 1 aliphatic carbocycles. The Morgan fingerprint density at radius 1 is 1.11 bits per heavy atom. The lowest BCUT2D eigenvalue weighted by atomic mass is 9.93. The van der Waals surface area contributed by atoms with Crippen LogP contribution in [0.1, 0.15) is 56.7 Å². The van der Waals surface area contributed by atoms with Gasteiger partial charge in [-0.15, -0.1) is 0 Å². The molecule has 1 saturated carbocycles. The van der Waals surface area contributed by atoms with E-state index in [1.165, 1.54) is 37.0 Å². The van der Waals surface area contributed by atoms with E-state index in [0.717, 1.165) is 37.6 Å². The molecule has 0 atom stereocenters. The van der Waals surface area contributed by atoms with Crippen molar-refractivity contribution < 1.29 is 13.6 Å². The van der Waals surface area contributed by atoms with Crippen LogP contribution >= 0.6 is 0 Å². The Labute approximate surface area is 163 Å². The molecule has 0 radical (unpaired) electrons. The van der Waals surface area contributed by atoms with Gasteiger partial charge in [-0.2, -0.15) is 0 Å². The SMILES string of the molecule is O=C(C=C1CCCCC1)N1CCC(c2ncc(-c3ccc(F)c(F)c3)[nH]2)CC1. The molecule has 148 valence electrons. The highest BCUT2D eigenvalue weighted by Gasteiger charge is 2.25. The molecule has 1 amide bonds. The number of aromatic nitrogens is 2. The molecule has 1 saturated heterocycles. The molecule has 6 heteroatoms. The van der Waals surface area contributed by atoms with Gasteiger partial charge in [0.1, 0.15) is 5.82 Å². The minimum Gasteiger partial charge on any atom is -0.342 e. The van der Waals surface area contributed by atoms with Crippen LogP contribution in [0.5, 0.6) is 0 Å². The summed E-state index contributed by atoms with van der Waals surface area (Å²) in [7, 11) is 0. The molecule has 1 aromatic heterocycles. The van der Waals surface area contributed by atoms with Crippen LogP contribution in [0.2, 0.25) is 0 Å². The Morgan fingerprint density at radius 2 is 1.86 bits per heavy atom. The van der Waals surface area contributed by atoms with E-state index in [2.05, 4.69) is 9.97 Å². The smallest absolute Gasteiger partial charge is 0.246 e. The number of piperidine rings is 1. The molecular weight excluding hydrogens is 360 g/mol. The number of hydrogen-bond acceptors (Lipinski definition) is 2. The Hall–Kier alpha value is -2.50. The van der Waals surface area contributed by atoms with Gasteiger partial charge in [-0.1, -0.05) is 12.0 Å². The van der Waals surface area contributed by atoms with Gasteiger partial charge in [-0.25, -0.2) is 13.8 Å². The first-order valence-corrected chi connectivity index (χ1v) is 10.1. The molecule has 0 unspecified atom stereocenters. The first kappa shape index (κ1) is 18.8. The molecule has 28 heavy (non-hydrogen) atoms. The van der Waals surface area contributed by atoms with E-state index >= 15 is 0 Å². The fraction of sp³-hybridized carbons (Fsp3) is 0.455. The van der Waals surface area contributed by atoms with Gasteiger partial charge < -0.3 is 9.88 Å². The van der Waals surface area contributed by atoms with E-state index < -0.39 is 11.6 Å². The van der Waals surface area contributed by atoms with Gasteiger partial charge in [0, 0.05) is 30.6 Å². The summed E-state index contributed by atoms with van der Waals surface area (Å²) in [5, 5.41) is 0. The van der Waals surface area contributed by atoms with Crippen LogP contribution in [-0.2, 0) is 4.79 Å². The molecule has 4 nitrogen and oxygen atoms in total. The van der Waals surface area contributed by atoms with E-state index in [4.69, 9.17) is 0 Å². The number of carbonyl (C=O) groups excluding carboxylic acids is 1. The van der Waals surface area contributed by atoms with E-state index in [1.54, 1.807) is 6.20 Å². The first-order chi connectivity index (χ1) is 13.6. The maximum absolute atomic E-state index is 13.5. The monoisotopic (exact) mass is 385 g/mol. The van der Waals surface area contributed by atoms with Crippen LogP contribution in [0, 0.1) is 11.6 Å². The third-order valence-electron chi connectivity index (χ3n) is 5.84. The van der Waals surface area contributed by atoms with Gasteiger partial charge in [-0.3, -0.25) is 4.79 Å². The highest BCUT2D eigenvalue weighted by atomic mass is 19.2. The van der Waals surface area contributed by atoms with Gasteiger partial charge in [0.25, 0.3) is 0 Å². The number of nitrogens with one attached hydrogen (secondary N) is 1. The molecule has 2 fully saturated rings. The molecule has 1 aliphatic heterocycles. The molecule has 1 aromatic carbocycles. The quantitative estimate of drug-likeness (QED) is 0.760. The molecule has 4 rings (SSSR count). The topological polar surface area (TPSA) is 49.0 Å². The van der Waals surface area contributed by atoms with Gasteiger partial charge in [0.2, 0.25) is 5.91 Å². The summed E-state index contributed by atoms with van der Waals surface area (Å²) in [6.45, 7) is 1.43. The van der Waals surface area contributed by atoms with E-state index in [9.17, 15) is 13.6 Å². The highest BCUT2D eigenvalue weighted by molar-refractivity contribution is 5.88. The highest BCUT2D eigenvalue weighted by Crippen LogP contribution is 2.29. The van der Waals surface area contributed by atoms with Gasteiger partial charge >= 0.3 is 0 Å². The number of carbonyl (C=O) groups is 1. The summed E-state index contributed by atoms with van der Waals surface area (Å²) in [5.41, 5.74) is 2.54. The second-order valence-corrected chi connectivity index (χ2v) is 7.77. The molecule has 2 aliphatic rings. The third kappa shape index (κ3) is 4.16. The molecule has 0 spiro atoms. The summed E-state index contributed by atoms with van der Waals surface area (Å²) in [6.07, 6.45) is 11.0. The Balaban J connectivity index is 1.37. The van der Waals surface area contributed by atoms with Gasteiger partial charge in [0.15, 0.2) is 11.6 Å². The Kier molecular flexibility index (Phi) is 5.55. The van der Waals surface area contributed by atoms with Crippen molar-refractivity contribution in [1.29, 1.82) is 0 Å². The van der Waals surface area contributed by atoms with Crippen LogP contribution in [0.4, 0.5) is 8.78 Å². The van der Waals surface area contributed by atoms with Crippen LogP contribution in [-0.4, -0.2) is 33.9 Å². The van der Waals surface area contributed by atoms with Crippen LogP contribution in [0.3, 0.4) is 0 Å². The Bertz CT molecular complexity index is 874. The third-order valence-corrected chi connectivity index (χ3v) is 5.84. The predicted molar refractivity (Wildman–Crippen MR) is 104 cm³/mol. The number of halogens is 2. The van der Waals surface area contributed by atoms with E-state index in [-0.39, 0.29) is 11.8 Å². The minimum atomic E-state index is -0.868. The first-order valence-electron chi connectivity index (χ1n) is 10.1. The molecular formula is C22H25F2N3O. The van der Waals surface area contributed by atoms with Gasteiger partial charge in [0.05, 0.1) is 11.9 Å². The number of benzene rings is 1. The standard InChI is InChI=1S/C22H25F2N3O/c23-18-7-6-17(13-19(18)24)20-14-25-22(26-20)16-8-10-27(11-9-16)21(28)12-15-4-2-1-3-5-15/h6-7,12-14,16H,1-5,8-11H2,(H,25,26). The number of nitrogens with zero attached hydrogens (tertiary/aromatic N) is 2. The summed E-state index contributed by atoms with van der Waals surface area (Å²) in [5.74, 6) is -0.503. The van der Waals surface area contributed by atoms with Crippen molar-refractivity contribution in [1.82, 2.24) is 14.9 Å². The summed E-state index contributed by atoms with van der Waals surface area (Å²) in [4.78, 5) is 22.1. The molecule has 2 aromatic rings.